The number of hydrogen-bond donors (Lipinski definition) is 3. The lowest BCUT2D eigenvalue weighted by molar-refractivity contribution is 0.182. The lowest BCUT2D eigenvalue weighted by Gasteiger charge is -2.11. The minimum absolute atomic E-state index is 0.0660. The zero-order valence-corrected chi connectivity index (χ0v) is 11.6. The molecule has 0 saturated heterocycles. The molecule has 0 bridgehead atoms. The second kappa shape index (κ2) is 5.70. The highest BCUT2D eigenvalue weighted by Gasteiger charge is 2.16. The molecule has 0 aliphatic heterocycles. The van der Waals surface area contributed by atoms with Gasteiger partial charge in [0.1, 0.15) is 0 Å². The molecule has 2 aromatic rings. The average molecular weight is 298 g/mol. The minimum atomic E-state index is -3.63. The lowest BCUT2D eigenvalue weighted by Crippen LogP contribution is -2.28. The van der Waals surface area contributed by atoms with E-state index in [2.05, 4.69) is 4.72 Å². The first-order valence-corrected chi connectivity index (χ1v) is 7.97. The van der Waals surface area contributed by atoms with Crippen molar-refractivity contribution in [1.82, 2.24) is 4.72 Å². The van der Waals surface area contributed by atoms with Gasteiger partial charge in [-0.25, -0.2) is 13.1 Å². The summed E-state index contributed by atoms with van der Waals surface area (Å²) in [7, 11) is -3.63. The highest BCUT2D eigenvalue weighted by Crippen LogP contribution is 2.17. The number of nitrogens with two attached hydrogens (primary N) is 1. The smallest absolute Gasteiger partial charge is 0.240 e. The van der Waals surface area contributed by atoms with E-state index in [9.17, 15) is 13.5 Å². The fourth-order valence-electron chi connectivity index (χ4n) is 1.50. The molecule has 0 aliphatic carbocycles. The van der Waals surface area contributed by atoms with Crippen LogP contribution in [0.4, 0.5) is 5.69 Å². The summed E-state index contributed by atoms with van der Waals surface area (Å²) in [6.45, 7) is -0.0660. The number of sulfonamides is 1. The Hall–Kier alpha value is -1.41. The molecular weight excluding hydrogens is 284 g/mol. The molecule has 0 radical (unpaired) electrons. The summed E-state index contributed by atoms with van der Waals surface area (Å²) in [4.78, 5) is 0.124. The van der Waals surface area contributed by atoms with E-state index in [1.165, 1.54) is 35.6 Å². The van der Waals surface area contributed by atoms with Gasteiger partial charge in [0.2, 0.25) is 10.0 Å². The molecule has 19 heavy (non-hydrogen) atoms. The standard InChI is InChI=1S/C12H14N2O3S2/c13-10-1-3-11(4-2-10)19(16,17)14-7-12(15)9-5-6-18-8-9/h1-6,8,12,14-15H,7,13H2. The third-order valence-electron chi connectivity index (χ3n) is 2.59. The molecule has 0 amide bonds. The Morgan fingerprint density at radius 3 is 2.53 bits per heavy atom. The van der Waals surface area contributed by atoms with Gasteiger partial charge in [-0.15, -0.1) is 0 Å². The quantitative estimate of drug-likeness (QED) is 0.726. The number of nitrogen functional groups attached to an aromatic ring is 1. The van der Waals surface area contributed by atoms with Crippen LogP contribution >= 0.6 is 11.3 Å². The molecule has 2 rings (SSSR count). The fraction of sp³-hybridized carbons (Fsp3) is 0.167. The normalized spacial score (nSPS) is 13.3. The Morgan fingerprint density at radius 2 is 1.95 bits per heavy atom. The van der Waals surface area contributed by atoms with Gasteiger partial charge in [-0.3, -0.25) is 0 Å². The van der Waals surface area contributed by atoms with Crippen LogP contribution in [0.25, 0.3) is 0 Å². The van der Waals surface area contributed by atoms with Gasteiger partial charge >= 0.3 is 0 Å². The summed E-state index contributed by atoms with van der Waals surface area (Å²) in [6, 6.07) is 7.64. The van der Waals surface area contributed by atoms with Crippen molar-refractivity contribution in [3.63, 3.8) is 0 Å². The molecule has 4 N–H and O–H groups in total. The van der Waals surface area contributed by atoms with Crippen LogP contribution in [0, 0.1) is 0 Å². The molecule has 5 nitrogen and oxygen atoms in total. The van der Waals surface area contributed by atoms with Crippen LogP contribution in [0.5, 0.6) is 0 Å². The zero-order chi connectivity index (χ0) is 13.9. The molecule has 0 spiro atoms. The van der Waals surface area contributed by atoms with Gasteiger partial charge in [-0.05, 0) is 46.7 Å². The predicted molar refractivity (Wildman–Crippen MR) is 75.3 cm³/mol. The number of benzene rings is 1. The number of anilines is 1. The SMILES string of the molecule is Nc1ccc(S(=O)(=O)NCC(O)c2ccsc2)cc1. The zero-order valence-electron chi connectivity index (χ0n) is 9.98. The van der Waals surface area contributed by atoms with Crippen molar-refractivity contribution in [2.24, 2.45) is 0 Å². The first-order chi connectivity index (χ1) is 8.99. The van der Waals surface area contributed by atoms with Crippen molar-refractivity contribution in [2.45, 2.75) is 11.0 Å². The van der Waals surface area contributed by atoms with Gasteiger partial charge in [-0.1, -0.05) is 0 Å². The highest BCUT2D eigenvalue weighted by molar-refractivity contribution is 7.89. The van der Waals surface area contributed by atoms with Crippen molar-refractivity contribution in [3.05, 3.63) is 46.7 Å². The Labute approximate surface area is 115 Å². The summed E-state index contributed by atoms with van der Waals surface area (Å²) in [5, 5.41) is 13.4. The van der Waals surface area contributed by atoms with Crippen LogP contribution in [0.1, 0.15) is 11.7 Å². The van der Waals surface area contributed by atoms with E-state index >= 15 is 0 Å². The van der Waals surface area contributed by atoms with Crippen LogP contribution in [-0.4, -0.2) is 20.1 Å². The maximum Gasteiger partial charge on any atom is 0.240 e. The van der Waals surface area contributed by atoms with Gasteiger partial charge in [0.25, 0.3) is 0 Å². The van der Waals surface area contributed by atoms with Crippen molar-refractivity contribution >= 4 is 27.0 Å². The highest BCUT2D eigenvalue weighted by atomic mass is 32.2. The largest absolute Gasteiger partial charge is 0.399 e. The van der Waals surface area contributed by atoms with Crippen molar-refractivity contribution < 1.29 is 13.5 Å². The maximum atomic E-state index is 12.0. The predicted octanol–water partition coefficient (Wildman–Crippen LogP) is 1.34. The van der Waals surface area contributed by atoms with E-state index in [4.69, 9.17) is 5.73 Å². The third-order valence-corrected chi connectivity index (χ3v) is 4.73. The molecule has 7 heteroatoms. The Bertz CT molecular complexity index is 622. The Kier molecular flexibility index (Phi) is 4.20. The first-order valence-electron chi connectivity index (χ1n) is 5.54. The molecule has 1 aromatic heterocycles. The molecular formula is C12H14N2O3S2. The number of nitrogens with one attached hydrogen (secondary N) is 1. The van der Waals surface area contributed by atoms with E-state index < -0.39 is 16.1 Å². The monoisotopic (exact) mass is 298 g/mol. The molecule has 0 aliphatic rings. The topological polar surface area (TPSA) is 92.4 Å². The summed E-state index contributed by atoms with van der Waals surface area (Å²) in [5.41, 5.74) is 6.70. The summed E-state index contributed by atoms with van der Waals surface area (Å²) in [6.07, 6.45) is -0.852. The third kappa shape index (κ3) is 3.54. The average Bonchev–Trinajstić information content (AvgIpc) is 2.90. The second-order valence-corrected chi connectivity index (χ2v) is 6.54. The first kappa shape index (κ1) is 14.0. The summed E-state index contributed by atoms with van der Waals surface area (Å²) >= 11 is 1.45. The lowest BCUT2D eigenvalue weighted by atomic mass is 10.2. The van der Waals surface area contributed by atoms with E-state index in [1.54, 1.807) is 11.4 Å². The van der Waals surface area contributed by atoms with E-state index in [1.807, 2.05) is 5.38 Å². The van der Waals surface area contributed by atoms with Crippen LogP contribution in [0.15, 0.2) is 46.0 Å². The molecule has 1 atom stereocenters. The summed E-state index contributed by atoms with van der Waals surface area (Å²) < 4.78 is 26.3. The molecule has 1 unspecified atom stereocenters. The van der Waals surface area contributed by atoms with Crippen LogP contribution in [0.3, 0.4) is 0 Å². The molecule has 102 valence electrons. The molecule has 0 saturated carbocycles. The van der Waals surface area contributed by atoms with Crippen molar-refractivity contribution in [3.8, 4) is 0 Å². The van der Waals surface area contributed by atoms with Crippen LogP contribution < -0.4 is 10.5 Å². The number of rotatable bonds is 5. The number of aliphatic hydroxyl groups is 1. The summed E-state index contributed by atoms with van der Waals surface area (Å²) in [5.74, 6) is 0. The minimum Gasteiger partial charge on any atom is -0.399 e. The van der Waals surface area contributed by atoms with Crippen molar-refractivity contribution in [1.29, 1.82) is 0 Å². The van der Waals surface area contributed by atoms with E-state index in [0.29, 0.717) is 11.3 Å². The second-order valence-electron chi connectivity index (χ2n) is 3.99. The Morgan fingerprint density at radius 1 is 1.26 bits per heavy atom. The van der Waals surface area contributed by atoms with Crippen LogP contribution in [-0.2, 0) is 10.0 Å². The molecule has 1 aromatic carbocycles. The van der Waals surface area contributed by atoms with Crippen LogP contribution in [0.2, 0.25) is 0 Å². The van der Waals surface area contributed by atoms with Gasteiger partial charge < -0.3 is 10.8 Å². The number of thiophene rings is 1. The van der Waals surface area contributed by atoms with Gasteiger partial charge in [0.05, 0.1) is 11.0 Å². The maximum absolute atomic E-state index is 12.0. The van der Waals surface area contributed by atoms with Crippen molar-refractivity contribution in [2.75, 3.05) is 12.3 Å². The fourth-order valence-corrected chi connectivity index (χ4v) is 3.25. The number of aliphatic hydroxyl groups excluding tert-OH is 1. The van der Waals surface area contributed by atoms with E-state index in [0.717, 1.165) is 0 Å². The Balaban J connectivity index is 2.04. The molecule has 0 fully saturated rings. The van der Waals surface area contributed by atoms with Gasteiger partial charge in [-0.2, -0.15) is 11.3 Å². The molecule has 1 heterocycles. The van der Waals surface area contributed by atoms with Gasteiger partial charge in [0.15, 0.2) is 0 Å². The van der Waals surface area contributed by atoms with Gasteiger partial charge in [0, 0.05) is 12.2 Å². The van der Waals surface area contributed by atoms with E-state index in [-0.39, 0.29) is 11.4 Å². The number of hydrogen-bond acceptors (Lipinski definition) is 5.